The number of halogens is 1. The fourth-order valence-electron chi connectivity index (χ4n) is 6.45. The summed E-state index contributed by atoms with van der Waals surface area (Å²) < 4.78 is 4.77. The number of fused-ring (bicyclic) bond motifs is 1. The van der Waals surface area contributed by atoms with Crippen LogP contribution in [0, 0.1) is 17.8 Å². The van der Waals surface area contributed by atoms with E-state index in [1.54, 1.807) is 51.9 Å². The van der Waals surface area contributed by atoms with Gasteiger partial charge >= 0.3 is 5.97 Å². The van der Waals surface area contributed by atoms with Crippen molar-refractivity contribution in [3.63, 3.8) is 0 Å². The summed E-state index contributed by atoms with van der Waals surface area (Å²) in [6, 6.07) is 5.70. The first-order valence-electron chi connectivity index (χ1n) is 13.3. The molecule has 38 heavy (non-hydrogen) atoms. The van der Waals surface area contributed by atoms with Crippen LogP contribution in [0.3, 0.4) is 0 Å². The number of hydrogen-bond acceptors (Lipinski definition) is 6. The van der Waals surface area contributed by atoms with Crippen molar-refractivity contribution >= 4 is 46.8 Å². The minimum Gasteiger partial charge on any atom is -0.465 e. The summed E-state index contributed by atoms with van der Waals surface area (Å²) in [4.78, 5) is 45.3. The van der Waals surface area contributed by atoms with Crippen molar-refractivity contribution in [2.75, 3.05) is 24.7 Å². The highest BCUT2D eigenvalue weighted by atomic mass is 35.5. The van der Waals surface area contributed by atoms with Crippen LogP contribution in [0.25, 0.3) is 0 Å². The minimum atomic E-state index is -0.854. The maximum Gasteiger partial charge on any atom is 0.310 e. The van der Waals surface area contributed by atoms with Crippen molar-refractivity contribution < 1.29 is 24.2 Å². The number of anilines is 1. The topological polar surface area (TPSA) is 87.2 Å². The second-order valence-corrected chi connectivity index (χ2v) is 12.7. The number of thioether (sulfide) groups is 1. The largest absolute Gasteiger partial charge is 0.465 e. The first-order valence-corrected chi connectivity index (χ1v) is 14.5. The lowest BCUT2D eigenvalue weighted by Gasteiger charge is -2.40. The van der Waals surface area contributed by atoms with E-state index in [1.165, 1.54) is 0 Å². The molecule has 9 heteroatoms. The van der Waals surface area contributed by atoms with Crippen molar-refractivity contribution in [2.24, 2.45) is 17.8 Å². The molecule has 2 unspecified atom stereocenters. The van der Waals surface area contributed by atoms with Crippen molar-refractivity contribution in [1.29, 1.82) is 0 Å². The number of esters is 1. The van der Waals surface area contributed by atoms with Gasteiger partial charge in [-0.2, -0.15) is 0 Å². The fourth-order valence-corrected chi connectivity index (χ4v) is 8.87. The van der Waals surface area contributed by atoms with Gasteiger partial charge in [0.2, 0.25) is 5.91 Å². The van der Waals surface area contributed by atoms with Gasteiger partial charge in [0.15, 0.2) is 0 Å². The van der Waals surface area contributed by atoms with E-state index in [4.69, 9.17) is 16.3 Å². The minimum absolute atomic E-state index is 0.0940. The third-order valence-corrected chi connectivity index (χ3v) is 10.2. The van der Waals surface area contributed by atoms with Crippen LogP contribution < -0.4 is 4.90 Å². The first-order chi connectivity index (χ1) is 18.2. The molecule has 3 fully saturated rings. The normalized spacial score (nSPS) is 28.3. The number of ether oxygens (including phenoxy) is 1. The lowest BCUT2D eigenvalue weighted by atomic mass is 9.71. The highest BCUT2D eigenvalue weighted by Gasteiger charge is 2.74. The molecule has 1 spiro atoms. The van der Waals surface area contributed by atoms with Gasteiger partial charge in [-0.15, -0.1) is 24.9 Å². The molecule has 1 N–H and O–H groups in total. The van der Waals surface area contributed by atoms with Crippen molar-refractivity contribution in [2.45, 2.75) is 61.6 Å². The Morgan fingerprint density at radius 1 is 1.32 bits per heavy atom. The molecule has 0 aromatic heterocycles. The molecule has 1 aromatic carbocycles. The van der Waals surface area contributed by atoms with Crippen molar-refractivity contribution in [3.8, 4) is 0 Å². The number of aliphatic hydroxyl groups excluding tert-OH is 1. The van der Waals surface area contributed by atoms with Gasteiger partial charge in [-0.05, 0) is 43.7 Å². The molecule has 4 rings (SSSR count). The molecule has 2 bridgehead atoms. The Morgan fingerprint density at radius 2 is 2.05 bits per heavy atom. The molecule has 3 aliphatic heterocycles. The van der Waals surface area contributed by atoms with E-state index in [0.29, 0.717) is 30.0 Å². The number of para-hydroxylation sites is 1. The van der Waals surface area contributed by atoms with Crippen LogP contribution in [-0.4, -0.2) is 69.6 Å². The number of nitrogens with zero attached hydrogens (tertiary/aromatic N) is 2. The maximum absolute atomic E-state index is 14.6. The zero-order valence-electron chi connectivity index (χ0n) is 22.1. The molecule has 6 atom stereocenters. The number of amides is 2. The first kappa shape index (κ1) is 28.7. The number of carbonyl (C=O) groups excluding carboxylic acids is 3. The Morgan fingerprint density at radius 3 is 2.68 bits per heavy atom. The van der Waals surface area contributed by atoms with Gasteiger partial charge < -0.3 is 19.6 Å². The number of benzene rings is 1. The zero-order chi connectivity index (χ0) is 27.6. The zero-order valence-corrected chi connectivity index (χ0v) is 23.6. The van der Waals surface area contributed by atoms with Gasteiger partial charge in [0.25, 0.3) is 5.91 Å². The summed E-state index contributed by atoms with van der Waals surface area (Å²) in [6.07, 6.45) is 5.73. The summed E-state index contributed by atoms with van der Waals surface area (Å²) in [5.74, 6) is -2.04. The van der Waals surface area contributed by atoms with Gasteiger partial charge in [-0.1, -0.05) is 49.7 Å². The molecule has 0 saturated carbocycles. The van der Waals surface area contributed by atoms with E-state index in [2.05, 4.69) is 13.2 Å². The van der Waals surface area contributed by atoms with Crippen LogP contribution in [0.2, 0.25) is 5.02 Å². The molecule has 0 aliphatic carbocycles. The van der Waals surface area contributed by atoms with E-state index in [1.807, 2.05) is 19.9 Å². The van der Waals surface area contributed by atoms with Gasteiger partial charge in [0, 0.05) is 11.8 Å². The SMILES string of the molecule is C=CCCOC(=O)[C@@H]1[C@@H]2CCC3(S2)C(C(=O)N(CC=C)c2ccccc2Cl)N([C@@H](CO)CC(C)C)C(=O)[C@H]13. The van der Waals surface area contributed by atoms with E-state index >= 15 is 0 Å². The van der Waals surface area contributed by atoms with Gasteiger partial charge in [-0.25, -0.2) is 0 Å². The number of hydrogen-bond donors (Lipinski definition) is 1. The summed E-state index contributed by atoms with van der Waals surface area (Å²) in [5.41, 5.74) is 0.536. The summed E-state index contributed by atoms with van der Waals surface area (Å²) in [6.45, 7) is 11.7. The second kappa shape index (κ2) is 11.8. The van der Waals surface area contributed by atoms with E-state index in [0.717, 1.165) is 6.42 Å². The van der Waals surface area contributed by atoms with Crippen molar-refractivity contribution in [3.05, 3.63) is 54.6 Å². The number of rotatable bonds is 12. The molecule has 0 radical (unpaired) electrons. The Hall–Kier alpha value is -2.29. The van der Waals surface area contributed by atoms with Gasteiger partial charge in [-0.3, -0.25) is 14.4 Å². The molecule has 3 aliphatic rings. The van der Waals surface area contributed by atoms with E-state index in [9.17, 15) is 19.5 Å². The molecule has 3 heterocycles. The Kier molecular flexibility index (Phi) is 8.95. The van der Waals surface area contributed by atoms with E-state index in [-0.39, 0.29) is 42.7 Å². The second-order valence-electron chi connectivity index (χ2n) is 10.7. The average molecular weight is 561 g/mol. The predicted octanol–water partition coefficient (Wildman–Crippen LogP) is 4.48. The molecule has 3 saturated heterocycles. The summed E-state index contributed by atoms with van der Waals surface area (Å²) in [5, 5.41) is 10.8. The lowest BCUT2D eigenvalue weighted by molar-refractivity contribution is -0.154. The third kappa shape index (κ3) is 4.91. The number of likely N-dealkylation sites (tertiary alicyclic amines) is 1. The van der Waals surface area contributed by atoms with Crippen LogP contribution in [0.4, 0.5) is 5.69 Å². The standard InChI is InChI=1S/C29H37ClN2O5S/c1-5-7-15-37-28(36)23-22-12-13-29(38-22)24(23)26(34)32(19(17-33)16-18(3)4)25(29)27(35)31(14-6-2)21-11-9-8-10-20(21)30/h5-6,8-11,18-19,22-25,33H,1-2,7,12-17H2,3-4H3/t19-,22+,23-,24+,25?,29?/m1/s1. The van der Waals surface area contributed by atoms with E-state index < -0.39 is 34.6 Å². The quantitative estimate of drug-likeness (QED) is 0.230. The van der Waals surface area contributed by atoms with Gasteiger partial charge in [0.1, 0.15) is 6.04 Å². The monoisotopic (exact) mass is 560 g/mol. The average Bonchev–Trinajstić information content (AvgIpc) is 3.53. The highest BCUT2D eigenvalue weighted by molar-refractivity contribution is 8.02. The molecule has 1 aromatic rings. The highest BCUT2D eigenvalue weighted by Crippen LogP contribution is 2.67. The predicted molar refractivity (Wildman–Crippen MR) is 151 cm³/mol. The summed E-state index contributed by atoms with van der Waals surface area (Å²) in [7, 11) is 0. The van der Waals surface area contributed by atoms with Crippen LogP contribution in [0.5, 0.6) is 0 Å². The van der Waals surface area contributed by atoms with Crippen molar-refractivity contribution in [1.82, 2.24) is 4.90 Å². The summed E-state index contributed by atoms with van der Waals surface area (Å²) >= 11 is 8.10. The molecule has 7 nitrogen and oxygen atoms in total. The van der Waals surface area contributed by atoms with Crippen LogP contribution in [0.15, 0.2) is 49.6 Å². The van der Waals surface area contributed by atoms with Crippen LogP contribution >= 0.6 is 23.4 Å². The lowest BCUT2D eigenvalue weighted by Crippen LogP contribution is -2.58. The Balaban J connectivity index is 1.79. The molecule has 2 amide bonds. The number of aliphatic hydroxyl groups is 1. The Bertz CT molecular complexity index is 1100. The smallest absolute Gasteiger partial charge is 0.310 e. The van der Waals surface area contributed by atoms with Gasteiger partial charge in [0.05, 0.1) is 46.5 Å². The Labute approximate surface area is 234 Å². The maximum atomic E-state index is 14.6. The molecule has 206 valence electrons. The third-order valence-electron chi connectivity index (χ3n) is 7.88. The van der Waals surface area contributed by atoms with Crippen LogP contribution in [-0.2, 0) is 19.1 Å². The number of carbonyl (C=O) groups is 3. The molecular formula is C29H37ClN2O5S. The van der Waals surface area contributed by atoms with Crippen LogP contribution in [0.1, 0.15) is 39.5 Å². The molecular weight excluding hydrogens is 524 g/mol. The fraction of sp³-hybridized carbons (Fsp3) is 0.552.